The van der Waals surface area contributed by atoms with Crippen molar-refractivity contribution < 1.29 is 9.53 Å². The van der Waals surface area contributed by atoms with Crippen molar-refractivity contribution in [3.8, 4) is 27.4 Å². The number of aryl methyl sites for hydroxylation is 1. The highest BCUT2D eigenvalue weighted by Gasteiger charge is 2.07. The summed E-state index contributed by atoms with van der Waals surface area (Å²) in [6, 6.07) is 15.8. The molecule has 27 heavy (non-hydrogen) atoms. The van der Waals surface area contributed by atoms with Crippen molar-refractivity contribution in [2.24, 2.45) is 0 Å². The van der Waals surface area contributed by atoms with Gasteiger partial charge in [0.1, 0.15) is 15.8 Å². The number of rotatable bonds is 7. The molecule has 1 heterocycles. The molecule has 0 N–H and O–H groups in total. The zero-order valence-corrected chi connectivity index (χ0v) is 16.3. The van der Waals surface area contributed by atoms with Gasteiger partial charge in [0.05, 0.1) is 0 Å². The minimum absolute atomic E-state index is 0.353. The average Bonchev–Trinajstić information content (AvgIpc) is 3.16. The monoisotopic (exact) mass is 378 g/mol. The van der Waals surface area contributed by atoms with Crippen LogP contribution in [-0.2, 0) is 11.2 Å². The molecule has 0 unspecified atom stereocenters. The third-order valence-corrected chi connectivity index (χ3v) is 4.99. The third kappa shape index (κ3) is 5.11. The number of carbonyl (C=O) groups excluding carboxylic acids is 1. The van der Waals surface area contributed by atoms with E-state index >= 15 is 0 Å². The van der Waals surface area contributed by atoms with Crippen molar-refractivity contribution >= 4 is 17.3 Å². The summed E-state index contributed by atoms with van der Waals surface area (Å²) in [5.41, 5.74) is 3.24. The predicted molar refractivity (Wildman–Crippen MR) is 110 cm³/mol. The van der Waals surface area contributed by atoms with E-state index in [1.807, 2.05) is 31.2 Å². The second-order valence-electron chi connectivity index (χ2n) is 6.08. The van der Waals surface area contributed by atoms with Crippen LogP contribution in [-0.4, -0.2) is 16.2 Å². The Labute approximate surface area is 163 Å². The van der Waals surface area contributed by atoms with Crippen LogP contribution in [0.15, 0.2) is 60.7 Å². The number of carbonyl (C=O) groups is 1. The van der Waals surface area contributed by atoms with Crippen molar-refractivity contribution in [1.82, 2.24) is 10.2 Å². The van der Waals surface area contributed by atoms with Crippen LogP contribution in [0.3, 0.4) is 0 Å². The maximum absolute atomic E-state index is 11.6. The lowest BCUT2D eigenvalue weighted by Gasteiger charge is -2.05. The van der Waals surface area contributed by atoms with Gasteiger partial charge in [-0.15, -0.1) is 10.2 Å². The molecule has 0 spiro atoms. The molecule has 1 aromatic heterocycles. The van der Waals surface area contributed by atoms with E-state index in [9.17, 15) is 4.79 Å². The second kappa shape index (κ2) is 9.24. The minimum Gasteiger partial charge on any atom is -0.423 e. The van der Waals surface area contributed by atoms with Crippen molar-refractivity contribution in [3.05, 3.63) is 65.7 Å². The van der Waals surface area contributed by atoms with Crippen molar-refractivity contribution in [3.63, 3.8) is 0 Å². The van der Waals surface area contributed by atoms with E-state index in [0.717, 1.165) is 46.0 Å². The number of allylic oxidation sites excluding steroid dienone is 1. The Morgan fingerprint density at radius 2 is 1.59 bits per heavy atom. The number of hydrogen-bond acceptors (Lipinski definition) is 5. The maximum Gasteiger partial charge on any atom is 0.335 e. The molecule has 3 rings (SSSR count). The molecule has 5 heteroatoms. The lowest BCUT2D eigenvalue weighted by Crippen LogP contribution is -2.03. The van der Waals surface area contributed by atoms with Crippen LogP contribution in [0.1, 0.15) is 31.7 Å². The second-order valence-corrected chi connectivity index (χ2v) is 7.15. The highest BCUT2D eigenvalue weighted by Crippen LogP contribution is 2.28. The molecule has 0 aliphatic heterocycles. The molecular weight excluding hydrogens is 356 g/mol. The SMILES string of the molecule is CCC=CC(=O)Oc1ccc(-c2ccc(-c3nnc(CCC)s3)cc2)cc1. The van der Waals surface area contributed by atoms with Gasteiger partial charge in [-0.1, -0.05) is 67.7 Å². The van der Waals surface area contributed by atoms with Crippen LogP contribution in [0, 0.1) is 0 Å². The van der Waals surface area contributed by atoms with E-state index in [1.54, 1.807) is 17.4 Å². The molecule has 0 saturated heterocycles. The average molecular weight is 378 g/mol. The molecule has 2 aromatic carbocycles. The Kier molecular flexibility index (Phi) is 6.49. The van der Waals surface area contributed by atoms with E-state index in [4.69, 9.17) is 4.74 Å². The Bertz CT molecular complexity index is 912. The fourth-order valence-corrected chi connectivity index (χ4v) is 3.52. The maximum atomic E-state index is 11.6. The minimum atomic E-state index is -0.353. The topological polar surface area (TPSA) is 52.1 Å². The normalized spacial score (nSPS) is 11.0. The van der Waals surface area contributed by atoms with Gasteiger partial charge in [0.2, 0.25) is 0 Å². The smallest absolute Gasteiger partial charge is 0.335 e. The molecule has 0 fully saturated rings. The van der Waals surface area contributed by atoms with Crippen LogP contribution < -0.4 is 4.74 Å². The summed E-state index contributed by atoms with van der Waals surface area (Å²) in [4.78, 5) is 11.6. The molecule has 0 aliphatic rings. The predicted octanol–water partition coefficient (Wildman–Crippen LogP) is 5.70. The van der Waals surface area contributed by atoms with Gasteiger partial charge in [-0.05, 0) is 36.1 Å². The van der Waals surface area contributed by atoms with Crippen LogP contribution in [0.5, 0.6) is 5.75 Å². The van der Waals surface area contributed by atoms with E-state index in [2.05, 4.69) is 41.4 Å². The summed E-state index contributed by atoms with van der Waals surface area (Å²) in [6.07, 6.45) is 6.09. The zero-order valence-electron chi connectivity index (χ0n) is 15.5. The molecule has 0 atom stereocenters. The Morgan fingerprint density at radius 1 is 0.963 bits per heavy atom. The Hall–Kier alpha value is -2.79. The van der Waals surface area contributed by atoms with Gasteiger partial charge >= 0.3 is 5.97 Å². The first kappa shape index (κ1) is 19.0. The molecule has 3 aromatic rings. The van der Waals surface area contributed by atoms with E-state index in [0.29, 0.717) is 5.75 Å². The van der Waals surface area contributed by atoms with Crippen LogP contribution in [0.25, 0.3) is 21.7 Å². The van der Waals surface area contributed by atoms with Gasteiger partial charge in [0.15, 0.2) is 0 Å². The quantitative estimate of drug-likeness (QED) is 0.301. The number of hydrogen-bond donors (Lipinski definition) is 0. The first-order valence-electron chi connectivity index (χ1n) is 9.11. The van der Waals surface area contributed by atoms with E-state index < -0.39 is 0 Å². The number of nitrogens with zero attached hydrogens (tertiary/aromatic N) is 2. The molecule has 0 aliphatic carbocycles. The Morgan fingerprint density at radius 3 is 2.22 bits per heavy atom. The van der Waals surface area contributed by atoms with Crippen LogP contribution in [0.4, 0.5) is 0 Å². The fraction of sp³-hybridized carbons (Fsp3) is 0.227. The van der Waals surface area contributed by atoms with E-state index in [-0.39, 0.29) is 5.97 Å². The fourth-order valence-electron chi connectivity index (χ4n) is 2.57. The third-order valence-electron chi connectivity index (χ3n) is 3.96. The standard InChI is InChI=1S/C22H22N2O2S/c1-3-5-7-21(25)26-19-14-12-17(13-15-19)16-8-10-18(11-9-16)22-24-23-20(27-22)6-4-2/h5,7-15H,3-4,6H2,1-2H3. The van der Waals surface area contributed by atoms with Gasteiger partial charge in [-0.25, -0.2) is 4.79 Å². The van der Waals surface area contributed by atoms with Gasteiger partial charge < -0.3 is 4.74 Å². The van der Waals surface area contributed by atoms with Crippen molar-refractivity contribution in [2.75, 3.05) is 0 Å². The molecule has 0 bridgehead atoms. The van der Waals surface area contributed by atoms with Gasteiger partial charge in [-0.3, -0.25) is 0 Å². The summed E-state index contributed by atoms with van der Waals surface area (Å²) >= 11 is 1.65. The van der Waals surface area contributed by atoms with Gasteiger partial charge in [0, 0.05) is 18.1 Å². The zero-order chi connectivity index (χ0) is 19.1. The Balaban J connectivity index is 1.69. The largest absolute Gasteiger partial charge is 0.423 e. The molecular formula is C22H22N2O2S. The molecule has 4 nitrogen and oxygen atoms in total. The first-order chi connectivity index (χ1) is 13.2. The van der Waals surface area contributed by atoms with Crippen LogP contribution >= 0.6 is 11.3 Å². The molecule has 138 valence electrons. The lowest BCUT2D eigenvalue weighted by atomic mass is 10.0. The summed E-state index contributed by atoms with van der Waals surface area (Å²) in [7, 11) is 0. The summed E-state index contributed by atoms with van der Waals surface area (Å²) in [6.45, 7) is 4.11. The van der Waals surface area contributed by atoms with Crippen molar-refractivity contribution in [1.29, 1.82) is 0 Å². The molecule has 0 amide bonds. The number of esters is 1. The highest BCUT2D eigenvalue weighted by atomic mass is 32.1. The number of ether oxygens (including phenoxy) is 1. The van der Waals surface area contributed by atoms with E-state index in [1.165, 1.54) is 6.08 Å². The summed E-state index contributed by atoms with van der Waals surface area (Å²) in [5, 5.41) is 10.5. The number of aromatic nitrogens is 2. The van der Waals surface area contributed by atoms with Gasteiger partial charge in [-0.2, -0.15) is 0 Å². The first-order valence-corrected chi connectivity index (χ1v) is 9.93. The lowest BCUT2D eigenvalue weighted by molar-refractivity contribution is -0.129. The highest BCUT2D eigenvalue weighted by molar-refractivity contribution is 7.14. The summed E-state index contributed by atoms with van der Waals surface area (Å²) in [5.74, 6) is 0.187. The molecule has 0 saturated carbocycles. The molecule has 0 radical (unpaired) electrons. The van der Waals surface area contributed by atoms with Gasteiger partial charge in [0.25, 0.3) is 0 Å². The van der Waals surface area contributed by atoms with Crippen molar-refractivity contribution in [2.45, 2.75) is 33.1 Å². The summed E-state index contributed by atoms with van der Waals surface area (Å²) < 4.78 is 5.27. The number of benzene rings is 2. The van der Waals surface area contributed by atoms with Crippen LogP contribution in [0.2, 0.25) is 0 Å².